The molecule has 1 heterocycles. The third-order valence-corrected chi connectivity index (χ3v) is 4.72. The van der Waals surface area contributed by atoms with Gasteiger partial charge in [-0.15, -0.1) is 0 Å². The first-order valence-corrected chi connectivity index (χ1v) is 8.00. The standard InChI is InChI=1S/C18H17ClFN3O2/c1-17(24,13-6-8-14(20)9-7-13)18(25,10-23-12-21-11-22-23)15-4-2-3-5-16(15)19/h2-9,11-12,24-25H,10H2,1H3. The summed E-state index contributed by atoms with van der Waals surface area (Å²) in [6.07, 6.45) is 2.77. The Bertz CT molecular complexity index is 853. The molecule has 25 heavy (non-hydrogen) atoms. The Kier molecular flexibility index (Phi) is 4.60. The minimum Gasteiger partial charge on any atom is -0.382 e. The third-order valence-electron chi connectivity index (χ3n) is 4.39. The van der Waals surface area contributed by atoms with E-state index in [2.05, 4.69) is 10.1 Å². The number of halogens is 2. The zero-order valence-corrected chi connectivity index (χ0v) is 14.2. The lowest BCUT2D eigenvalue weighted by molar-refractivity contribution is -0.164. The fourth-order valence-corrected chi connectivity index (χ4v) is 3.15. The maximum Gasteiger partial charge on any atom is 0.143 e. The fraction of sp³-hybridized carbons (Fsp3) is 0.222. The summed E-state index contributed by atoms with van der Waals surface area (Å²) in [5, 5.41) is 27.2. The molecule has 1 aromatic heterocycles. The van der Waals surface area contributed by atoms with Crippen LogP contribution in [0.4, 0.5) is 4.39 Å². The van der Waals surface area contributed by atoms with Gasteiger partial charge in [0.05, 0.1) is 6.54 Å². The Morgan fingerprint density at radius 1 is 1.12 bits per heavy atom. The summed E-state index contributed by atoms with van der Waals surface area (Å²) in [5.74, 6) is -0.433. The minimum absolute atomic E-state index is 0.0961. The van der Waals surface area contributed by atoms with Gasteiger partial charge in [-0.05, 0) is 30.7 Å². The highest BCUT2D eigenvalue weighted by Crippen LogP contribution is 2.44. The number of aliphatic hydroxyl groups is 2. The number of hydrogen-bond donors (Lipinski definition) is 2. The van der Waals surface area contributed by atoms with E-state index in [4.69, 9.17) is 11.6 Å². The Hall–Kier alpha value is -2.28. The smallest absolute Gasteiger partial charge is 0.143 e. The second-order valence-corrected chi connectivity index (χ2v) is 6.42. The van der Waals surface area contributed by atoms with Gasteiger partial charge in [-0.1, -0.05) is 41.9 Å². The molecule has 0 aliphatic rings. The largest absolute Gasteiger partial charge is 0.382 e. The normalized spacial score (nSPS) is 16.2. The van der Waals surface area contributed by atoms with E-state index in [1.165, 1.54) is 48.5 Å². The van der Waals surface area contributed by atoms with Crippen LogP contribution >= 0.6 is 11.6 Å². The van der Waals surface area contributed by atoms with Crippen LogP contribution in [-0.4, -0.2) is 25.0 Å². The van der Waals surface area contributed by atoms with Gasteiger partial charge in [-0.3, -0.25) is 0 Å². The monoisotopic (exact) mass is 361 g/mol. The molecule has 0 radical (unpaired) electrons. The van der Waals surface area contributed by atoms with Gasteiger partial charge in [0, 0.05) is 10.6 Å². The van der Waals surface area contributed by atoms with E-state index in [9.17, 15) is 14.6 Å². The van der Waals surface area contributed by atoms with Crippen LogP contribution in [0.2, 0.25) is 5.02 Å². The van der Waals surface area contributed by atoms with Crippen molar-refractivity contribution in [3.8, 4) is 0 Å². The molecule has 0 saturated carbocycles. The molecular formula is C18H17ClFN3O2. The van der Waals surface area contributed by atoms with Crippen molar-refractivity contribution < 1.29 is 14.6 Å². The number of benzene rings is 2. The van der Waals surface area contributed by atoms with E-state index in [-0.39, 0.29) is 6.54 Å². The van der Waals surface area contributed by atoms with Crippen molar-refractivity contribution in [2.75, 3.05) is 0 Å². The Morgan fingerprint density at radius 3 is 2.40 bits per heavy atom. The summed E-state index contributed by atoms with van der Waals surface area (Å²) in [7, 11) is 0. The van der Waals surface area contributed by atoms with Crippen LogP contribution in [0, 0.1) is 5.82 Å². The maximum absolute atomic E-state index is 13.3. The van der Waals surface area contributed by atoms with Gasteiger partial charge in [0.1, 0.15) is 29.7 Å². The van der Waals surface area contributed by atoms with Crippen molar-refractivity contribution in [2.45, 2.75) is 24.7 Å². The molecule has 0 amide bonds. The first-order chi connectivity index (χ1) is 11.8. The van der Waals surface area contributed by atoms with Crippen molar-refractivity contribution in [3.63, 3.8) is 0 Å². The van der Waals surface area contributed by atoms with E-state index >= 15 is 0 Å². The second-order valence-electron chi connectivity index (χ2n) is 6.01. The van der Waals surface area contributed by atoms with Crippen molar-refractivity contribution in [3.05, 3.63) is 83.2 Å². The third kappa shape index (κ3) is 3.16. The average Bonchev–Trinajstić information content (AvgIpc) is 3.08. The Balaban J connectivity index is 2.16. The Labute approximate surface area is 149 Å². The van der Waals surface area contributed by atoms with E-state index in [1.807, 2.05) is 0 Å². The van der Waals surface area contributed by atoms with Gasteiger partial charge >= 0.3 is 0 Å². The first kappa shape index (κ1) is 17.5. The van der Waals surface area contributed by atoms with Crippen LogP contribution in [0.15, 0.2) is 61.2 Å². The molecule has 7 heteroatoms. The Morgan fingerprint density at radius 2 is 1.80 bits per heavy atom. The second kappa shape index (κ2) is 6.55. The molecule has 0 spiro atoms. The molecule has 0 fully saturated rings. The highest BCUT2D eigenvalue weighted by Gasteiger charge is 2.50. The number of hydrogen-bond acceptors (Lipinski definition) is 4. The average molecular weight is 362 g/mol. The SMILES string of the molecule is CC(O)(c1ccc(F)cc1)C(O)(Cn1cncn1)c1ccccc1Cl. The molecule has 0 saturated heterocycles. The minimum atomic E-state index is -1.84. The fourth-order valence-electron chi connectivity index (χ4n) is 2.86. The maximum atomic E-state index is 13.3. The lowest BCUT2D eigenvalue weighted by atomic mass is 9.74. The van der Waals surface area contributed by atoms with Gasteiger partial charge in [0.2, 0.25) is 0 Å². The van der Waals surface area contributed by atoms with E-state index in [0.29, 0.717) is 16.1 Å². The lowest BCUT2D eigenvalue weighted by Gasteiger charge is -2.42. The molecule has 3 aromatic rings. The molecule has 0 bridgehead atoms. The summed E-state index contributed by atoms with van der Waals surface area (Å²) in [6, 6.07) is 12.0. The summed E-state index contributed by atoms with van der Waals surface area (Å²) < 4.78 is 14.7. The van der Waals surface area contributed by atoms with E-state index in [1.54, 1.807) is 24.3 Å². The summed E-state index contributed by atoms with van der Waals surface area (Å²) in [5.41, 5.74) is -2.94. The van der Waals surface area contributed by atoms with E-state index in [0.717, 1.165) is 0 Å². The molecule has 2 N–H and O–H groups in total. The predicted octanol–water partition coefficient (Wildman–Crippen LogP) is 2.87. The molecule has 5 nitrogen and oxygen atoms in total. The van der Waals surface area contributed by atoms with Crippen LogP contribution in [-0.2, 0) is 17.7 Å². The van der Waals surface area contributed by atoms with Gasteiger partial charge in [-0.2, -0.15) is 5.10 Å². The van der Waals surface area contributed by atoms with Crippen LogP contribution in [0.5, 0.6) is 0 Å². The summed E-state index contributed by atoms with van der Waals surface area (Å²) in [6.45, 7) is 1.36. The summed E-state index contributed by atoms with van der Waals surface area (Å²) in [4.78, 5) is 3.87. The van der Waals surface area contributed by atoms with Gasteiger partial charge in [0.25, 0.3) is 0 Å². The van der Waals surface area contributed by atoms with Crippen LogP contribution < -0.4 is 0 Å². The highest BCUT2D eigenvalue weighted by molar-refractivity contribution is 6.31. The summed E-state index contributed by atoms with van der Waals surface area (Å²) >= 11 is 6.29. The van der Waals surface area contributed by atoms with Crippen molar-refractivity contribution in [2.24, 2.45) is 0 Å². The van der Waals surface area contributed by atoms with E-state index < -0.39 is 17.0 Å². The topological polar surface area (TPSA) is 71.2 Å². The van der Waals surface area contributed by atoms with Gasteiger partial charge < -0.3 is 10.2 Å². The molecular weight excluding hydrogens is 345 g/mol. The molecule has 130 valence electrons. The molecule has 2 unspecified atom stereocenters. The molecule has 0 aliphatic carbocycles. The quantitative estimate of drug-likeness (QED) is 0.733. The molecule has 3 rings (SSSR count). The van der Waals surface area contributed by atoms with Crippen molar-refractivity contribution in [1.29, 1.82) is 0 Å². The van der Waals surface area contributed by atoms with Crippen molar-refractivity contribution in [1.82, 2.24) is 14.8 Å². The van der Waals surface area contributed by atoms with Crippen LogP contribution in [0.3, 0.4) is 0 Å². The number of nitrogens with zero attached hydrogens (tertiary/aromatic N) is 3. The van der Waals surface area contributed by atoms with Crippen LogP contribution in [0.25, 0.3) is 0 Å². The molecule has 2 aromatic carbocycles. The predicted molar refractivity (Wildman–Crippen MR) is 91.3 cm³/mol. The molecule has 0 aliphatic heterocycles. The van der Waals surface area contributed by atoms with Gasteiger partial charge in [-0.25, -0.2) is 14.1 Å². The number of rotatable bonds is 5. The zero-order valence-electron chi connectivity index (χ0n) is 13.5. The molecule has 2 atom stereocenters. The van der Waals surface area contributed by atoms with Crippen LogP contribution in [0.1, 0.15) is 18.1 Å². The van der Waals surface area contributed by atoms with Crippen molar-refractivity contribution >= 4 is 11.6 Å². The highest BCUT2D eigenvalue weighted by atomic mass is 35.5. The zero-order chi connectivity index (χ0) is 18.1. The lowest BCUT2D eigenvalue weighted by Crippen LogP contribution is -2.50. The first-order valence-electron chi connectivity index (χ1n) is 7.63. The van der Waals surface area contributed by atoms with Gasteiger partial charge in [0.15, 0.2) is 0 Å². The number of aromatic nitrogens is 3.